The summed E-state index contributed by atoms with van der Waals surface area (Å²) in [4.78, 5) is 5.28. The van der Waals surface area contributed by atoms with Gasteiger partial charge in [-0.05, 0) is 6.26 Å². The van der Waals surface area contributed by atoms with Crippen molar-refractivity contribution in [2.45, 2.75) is 31.9 Å². The number of rotatable bonds is 2. The predicted molar refractivity (Wildman–Crippen MR) is 62.7 cm³/mol. The second kappa shape index (κ2) is 4.33. The summed E-state index contributed by atoms with van der Waals surface area (Å²) in [6, 6.07) is 2.23. The zero-order valence-corrected chi connectivity index (χ0v) is 10.6. The first-order chi connectivity index (χ1) is 6.49. The molecule has 1 heterocycles. The summed E-state index contributed by atoms with van der Waals surface area (Å²) >= 11 is 3.25. The molecule has 0 aliphatic rings. The highest BCUT2D eigenvalue weighted by Crippen LogP contribution is 2.30. The van der Waals surface area contributed by atoms with Gasteiger partial charge < -0.3 is 0 Å². The summed E-state index contributed by atoms with van der Waals surface area (Å²) in [7, 11) is 0. The van der Waals surface area contributed by atoms with Gasteiger partial charge in [0, 0.05) is 11.2 Å². The first kappa shape index (κ1) is 11.5. The number of nitriles is 1. The van der Waals surface area contributed by atoms with E-state index in [1.165, 1.54) is 11.3 Å². The maximum atomic E-state index is 8.98. The van der Waals surface area contributed by atoms with Crippen LogP contribution in [0.15, 0.2) is 0 Å². The molecule has 0 N–H and O–H groups in total. The molecule has 0 amide bonds. The zero-order valence-electron chi connectivity index (χ0n) is 8.92. The molecular formula is C10H14N2S2. The second-order valence-electron chi connectivity index (χ2n) is 4.08. The van der Waals surface area contributed by atoms with Gasteiger partial charge in [0.15, 0.2) is 0 Å². The van der Waals surface area contributed by atoms with Crippen LogP contribution in [0.2, 0.25) is 0 Å². The van der Waals surface area contributed by atoms with E-state index in [-0.39, 0.29) is 5.41 Å². The third kappa shape index (κ3) is 2.49. The van der Waals surface area contributed by atoms with Crippen LogP contribution in [-0.2, 0) is 11.2 Å². The van der Waals surface area contributed by atoms with Gasteiger partial charge >= 0.3 is 0 Å². The highest BCUT2D eigenvalue weighted by Gasteiger charge is 2.22. The highest BCUT2D eigenvalue weighted by atomic mass is 32.2. The van der Waals surface area contributed by atoms with Crippen LogP contribution >= 0.6 is 23.1 Å². The normalized spacial score (nSPS) is 11.4. The van der Waals surface area contributed by atoms with Crippen LogP contribution in [0.5, 0.6) is 0 Å². The van der Waals surface area contributed by atoms with E-state index < -0.39 is 0 Å². The van der Waals surface area contributed by atoms with E-state index in [9.17, 15) is 0 Å². The van der Waals surface area contributed by atoms with Crippen molar-refractivity contribution in [3.05, 3.63) is 15.6 Å². The van der Waals surface area contributed by atoms with Crippen LogP contribution in [0.4, 0.5) is 0 Å². The number of thiazole rings is 1. The maximum Gasteiger partial charge on any atom is 0.128 e. The lowest BCUT2D eigenvalue weighted by Crippen LogP contribution is -2.13. The van der Waals surface area contributed by atoms with Crippen molar-refractivity contribution < 1.29 is 0 Å². The molecule has 0 bridgehead atoms. The van der Waals surface area contributed by atoms with Crippen molar-refractivity contribution in [2.75, 3.05) is 6.26 Å². The van der Waals surface area contributed by atoms with Crippen LogP contribution in [-0.4, -0.2) is 11.2 Å². The van der Waals surface area contributed by atoms with E-state index in [0.717, 1.165) is 21.3 Å². The molecule has 0 saturated carbocycles. The summed E-state index contributed by atoms with van der Waals surface area (Å²) < 4.78 is 0. The van der Waals surface area contributed by atoms with Gasteiger partial charge in [-0.15, -0.1) is 11.3 Å². The minimum atomic E-state index is -0.0295. The Bertz CT molecular complexity index is 355. The first-order valence-electron chi connectivity index (χ1n) is 4.38. The Morgan fingerprint density at radius 2 is 2.14 bits per heavy atom. The molecular weight excluding hydrogens is 212 g/mol. The molecule has 1 rings (SSSR count). The van der Waals surface area contributed by atoms with Crippen LogP contribution in [0, 0.1) is 11.3 Å². The van der Waals surface area contributed by atoms with Gasteiger partial charge in [-0.25, -0.2) is 4.98 Å². The number of nitrogens with zero attached hydrogens (tertiary/aromatic N) is 2. The van der Waals surface area contributed by atoms with Gasteiger partial charge in [-0.1, -0.05) is 20.8 Å². The molecule has 76 valence electrons. The molecule has 0 aliphatic carbocycles. The van der Waals surface area contributed by atoms with Gasteiger partial charge in [0.05, 0.1) is 5.69 Å². The fourth-order valence-corrected chi connectivity index (χ4v) is 2.90. The quantitative estimate of drug-likeness (QED) is 0.777. The smallest absolute Gasteiger partial charge is 0.128 e. The second-order valence-corrected chi connectivity index (χ2v) is 6.03. The molecule has 0 spiro atoms. The monoisotopic (exact) mass is 226 g/mol. The van der Waals surface area contributed by atoms with Crippen molar-refractivity contribution >= 4 is 23.1 Å². The third-order valence-corrected chi connectivity index (χ3v) is 3.46. The highest BCUT2D eigenvalue weighted by molar-refractivity contribution is 7.97. The molecule has 0 aromatic carbocycles. The summed E-state index contributed by atoms with van der Waals surface area (Å²) in [5, 5.41) is 10.0. The van der Waals surface area contributed by atoms with Gasteiger partial charge in [-0.2, -0.15) is 17.0 Å². The molecule has 0 aliphatic heterocycles. The average Bonchev–Trinajstić information content (AvgIpc) is 2.47. The Balaban J connectivity index is 3.11. The lowest BCUT2D eigenvalue weighted by molar-refractivity contribution is 0.570. The summed E-state index contributed by atoms with van der Waals surface area (Å²) in [5.74, 6) is 0.898. The molecule has 2 nitrogen and oxygen atoms in total. The standard InChI is InChI=1S/C10H14N2S2/c1-10(2,3)9-7(5-11)14-8(12-9)6-13-4/h6H2,1-4H3. The first-order valence-corrected chi connectivity index (χ1v) is 6.59. The SMILES string of the molecule is CSCc1nc(C(C)(C)C)c(C#N)s1. The van der Waals surface area contributed by atoms with Gasteiger partial charge in [0.2, 0.25) is 0 Å². The minimum Gasteiger partial charge on any atom is -0.243 e. The Labute approximate surface area is 93.4 Å². The third-order valence-electron chi connectivity index (χ3n) is 1.75. The van der Waals surface area contributed by atoms with E-state index in [1.807, 2.05) is 6.26 Å². The van der Waals surface area contributed by atoms with Gasteiger partial charge in [0.25, 0.3) is 0 Å². The van der Waals surface area contributed by atoms with Crippen molar-refractivity contribution in [3.8, 4) is 6.07 Å². The van der Waals surface area contributed by atoms with E-state index >= 15 is 0 Å². The van der Waals surface area contributed by atoms with E-state index in [1.54, 1.807) is 11.8 Å². The Hall–Kier alpha value is -0.530. The largest absolute Gasteiger partial charge is 0.243 e. The van der Waals surface area contributed by atoms with Crippen LogP contribution in [0.1, 0.15) is 36.3 Å². The van der Waals surface area contributed by atoms with Crippen molar-refractivity contribution in [1.82, 2.24) is 4.98 Å². The van der Waals surface area contributed by atoms with Crippen LogP contribution < -0.4 is 0 Å². The Morgan fingerprint density at radius 3 is 2.50 bits per heavy atom. The molecule has 0 fully saturated rings. The zero-order chi connectivity index (χ0) is 10.8. The van der Waals surface area contributed by atoms with E-state index in [2.05, 4.69) is 31.8 Å². The average molecular weight is 226 g/mol. The number of hydrogen-bond acceptors (Lipinski definition) is 4. The molecule has 0 radical (unpaired) electrons. The minimum absolute atomic E-state index is 0.0295. The van der Waals surface area contributed by atoms with Gasteiger partial charge in [0.1, 0.15) is 16.0 Å². The van der Waals surface area contributed by atoms with E-state index in [0.29, 0.717) is 0 Å². The topological polar surface area (TPSA) is 36.7 Å². The van der Waals surface area contributed by atoms with Crippen molar-refractivity contribution in [3.63, 3.8) is 0 Å². The predicted octanol–water partition coefficient (Wildman–Crippen LogP) is 3.18. The van der Waals surface area contributed by atoms with Crippen molar-refractivity contribution in [2.24, 2.45) is 0 Å². The number of hydrogen-bond donors (Lipinski definition) is 0. The molecule has 14 heavy (non-hydrogen) atoms. The fraction of sp³-hybridized carbons (Fsp3) is 0.600. The Kier molecular flexibility index (Phi) is 3.57. The maximum absolute atomic E-state index is 8.98. The lowest BCUT2D eigenvalue weighted by atomic mass is 9.91. The summed E-state index contributed by atoms with van der Waals surface area (Å²) in [6.45, 7) is 6.27. The summed E-state index contributed by atoms with van der Waals surface area (Å²) in [6.07, 6.45) is 2.05. The van der Waals surface area contributed by atoms with Crippen LogP contribution in [0.3, 0.4) is 0 Å². The fourth-order valence-electron chi connectivity index (χ4n) is 1.13. The van der Waals surface area contributed by atoms with Crippen molar-refractivity contribution in [1.29, 1.82) is 5.26 Å². The van der Waals surface area contributed by atoms with Gasteiger partial charge in [-0.3, -0.25) is 0 Å². The number of thioether (sulfide) groups is 1. The lowest BCUT2D eigenvalue weighted by Gasteiger charge is -2.15. The number of aromatic nitrogens is 1. The molecule has 1 aromatic rings. The molecule has 0 atom stereocenters. The molecule has 4 heteroatoms. The molecule has 0 unspecified atom stereocenters. The molecule has 1 aromatic heterocycles. The van der Waals surface area contributed by atoms with E-state index in [4.69, 9.17) is 5.26 Å². The van der Waals surface area contributed by atoms with Crippen LogP contribution in [0.25, 0.3) is 0 Å². The summed E-state index contributed by atoms with van der Waals surface area (Å²) in [5.41, 5.74) is 0.909. The molecule has 0 saturated heterocycles. The Morgan fingerprint density at radius 1 is 1.50 bits per heavy atom.